The molecule has 1 saturated heterocycles. The third kappa shape index (κ3) is 17.9. The van der Waals surface area contributed by atoms with E-state index in [1.165, 1.54) is 41.9 Å². The number of likely N-dealkylation sites (tertiary alicyclic amines) is 1. The van der Waals surface area contributed by atoms with Gasteiger partial charge < -0.3 is 40.0 Å². The minimum Gasteiger partial charge on any atom is -0.493 e. The number of ether oxygens (including phenoxy) is 1. The van der Waals surface area contributed by atoms with Crippen molar-refractivity contribution in [3.05, 3.63) is 95.6 Å². The predicted octanol–water partition coefficient (Wildman–Crippen LogP) is 5.48. The van der Waals surface area contributed by atoms with Crippen molar-refractivity contribution >= 4 is 51.7 Å². The topological polar surface area (TPSA) is 205 Å². The van der Waals surface area contributed by atoms with Gasteiger partial charge in [0.2, 0.25) is 35.3 Å². The van der Waals surface area contributed by atoms with E-state index in [9.17, 15) is 33.6 Å². The minimum absolute atomic E-state index is 0.00830. The summed E-state index contributed by atoms with van der Waals surface area (Å²) in [7, 11) is 3.18. The van der Waals surface area contributed by atoms with E-state index in [0.717, 1.165) is 22.8 Å². The first kappa shape index (κ1) is 55.8. The number of ketones is 1. The number of rotatable bonds is 23. The van der Waals surface area contributed by atoms with Gasteiger partial charge in [-0.15, -0.1) is 0 Å². The molecule has 1 heterocycles. The van der Waals surface area contributed by atoms with Crippen LogP contribution < -0.4 is 30.7 Å². The zero-order chi connectivity index (χ0) is 50.3. The van der Waals surface area contributed by atoms with Gasteiger partial charge in [-0.1, -0.05) is 124 Å². The van der Waals surface area contributed by atoms with Crippen molar-refractivity contribution in [3.63, 3.8) is 0 Å². The maximum absolute atomic E-state index is 13.5. The van der Waals surface area contributed by atoms with Crippen molar-refractivity contribution in [1.82, 2.24) is 35.8 Å². The molecule has 3 aromatic carbocycles. The van der Waals surface area contributed by atoms with Crippen LogP contribution in [0, 0.1) is 12.8 Å². The quantitative estimate of drug-likeness (QED) is 0.0599. The molecule has 1 aliphatic carbocycles. The number of hydrogen-bond acceptors (Lipinski definition) is 10. The number of carbonyl (C=O) groups excluding carboxylic acids is 7. The number of carbonyl (C=O) groups is 7. The van der Waals surface area contributed by atoms with Gasteiger partial charge in [-0.2, -0.15) is 0 Å². The van der Waals surface area contributed by atoms with Crippen molar-refractivity contribution in [2.75, 3.05) is 60.2 Å². The Balaban J connectivity index is 0.00000135. The first-order chi connectivity index (χ1) is 33.1. The average molecular weight is 974 g/mol. The van der Waals surface area contributed by atoms with Crippen LogP contribution in [-0.2, 0) is 44.2 Å². The molecule has 1 saturated carbocycles. The summed E-state index contributed by atoms with van der Waals surface area (Å²) in [6, 6.07) is 21.1. The third-order valence-corrected chi connectivity index (χ3v) is 14.9. The average Bonchev–Trinajstić information content (AvgIpc) is 3.86. The Morgan fingerprint density at radius 1 is 0.826 bits per heavy atom. The zero-order valence-electron chi connectivity index (χ0n) is 41.6. The second kappa shape index (κ2) is 28.6. The highest BCUT2D eigenvalue weighted by Crippen LogP contribution is 2.48. The van der Waals surface area contributed by atoms with Crippen LogP contribution in [0.4, 0.5) is 0 Å². The molecule has 2 fully saturated rings. The smallest absolute Gasteiger partial charge is 0.290 e. The Morgan fingerprint density at radius 2 is 1.51 bits per heavy atom. The van der Waals surface area contributed by atoms with E-state index in [1.807, 2.05) is 55.5 Å². The Hall–Kier alpha value is -5.78. The van der Waals surface area contributed by atoms with Crippen LogP contribution in [0.15, 0.2) is 83.8 Å². The molecule has 2 aliphatic rings. The van der Waals surface area contributed by atoms with E-state index >= 15 is 0 Å². The van der Waals surface area contributed by atoms with Crippen LogP contribution in [0.2, 0.25) is 0 Å². The maximum atomic E-state index is 13.5. The van der Waals surface area contributed by atoms with Crippen molar-refractivity contribution in [2.24, 2.45) is 5.92 Å². The molecule has 0 spiro atoms. The van der Waals surface area contributed by atoms with Gasteiger partial charge in [-0.3, -0.25) is 38.3 Å². The van der Waals surface area contributed by atoms with Crippen LogP contribution in [-0.4, -0.2) is 123 Å². The van der Waals surface area contributed by atoms with Gasteiger partial charge in [-0.25, -0.2) is 0 Å². The molecular formula is C52H75N7O9S. The molecule has 6 amide bonds. The molecular weight excluding hydrogens is 899 g/mol. The van der Waals surface area contributed by atoms with Gasteiger partial charge in [0.05, 0.1) is 39.3 Å². The van der Waals surface area contributed by atoms with Crippen LogP contribution in [0.1, 0.15) is 101 Å². The summed E-state index contributed by atoms with van der Waals surface area (Å²) < 4.78 is 15.4. The molecule has 378 valence electrons. The summed E-state index contributed by atoms with van der Waals surface area (Å²) in [6.07, 6.45) is 11.7. The first-order valence-electron chi connectivity index (χ1n) is 24.2. The summed E-state index contributed by atoms with van der Waals surface area (Å²) in [6.45, 7) is 6.57. The fourth-order valence-electron chi connectivity index (χ4n) is 8.15. The van der Waals surface area contributed by atoms with E-state index < -0.39 is 64.6 Å². The molecule has 5 rings (SSSR count). The van der Waals surface area contributed by atoms with E-state index in [0.29, 0.717) is 49.3 Å². The molecule has 5 N–H and O–H groups in total. The molecule has 16 nitrogen and oxygen atoms in total. The Kier molecular flexibility index (Phi) is 23.2. The van der Waals surface area contributed by atoms with Gasteiger partial charge in [0, 0.05) is 38.3 Å². The molecule has 0 aromatic heterocycles. The largest absolute Gasteiger partial charge is 0.493 e. The van der Waals surface area contributed by atoms with E-state index in [2.05, 4.69) is 39.2 Å². The summed E-state index contributed by atoms with van der Waals surface area (Å²) in [4.78, 5) is 95.3. The molecule has 4 atom stereocenters. The zero-order valence-corrected chi connectivity index (χ0v) is 42.4. The fourth-order valence-corrected chi connectivity index (χ4v) is 9.84. The Morgan fingerprint density at radius 3 is 2.13 bits per heavy atom. The van der Waals surface area contributed by atoms with Crippen molar-refractivity contribution in [2.45, 2.75) is 114 Å². The lowest BCUT2D eigenvalue weighted by molar-refractivity contribution is -0.142. The SMILES string of the molecule is CC1CCCCC1.CCCC(NC(=O)C1CCCN1C(=O)CNC(=O)Cc1ccc(C)c(OCCCNS(C)(OC)c2ccccc2)c1)C(=O)C(=O)NCC(=O)NC(C(=O)N(C)C)c1ccccc1. The van der Waals surface area contributed by atoms with Crippen LogP contribution in [0.25, 0.3) is 0 Å². The lowest BCUT2D eigenvalue weighted by atomic mass is 9.91. The number of nitrogens with zero attached hydrogens (tertiary/aromatic N) is 2. The van der Waals surface area contributed by atoms with Gasteiger partial charge >= 0.3 is 0 Å². The molecule has 0 radical (unpaired) electrons. The van der Waals surface area contributed by atoms with Crippen LogP contribution in [0.3, 0.4) is 0 Å². The number of likely N-dealkylation sites (N-methyl/N-ethyl adjacent to an activating group) is 1. The summed E-state index contributed by atoms with van der Waals surface area (Å²) in [5.74, 6) is -2.84. The fraction of sp³-hybridized carbons (Fsp3) is 0.519. The van der Waals surface area contributed by atoms with E-state index in [1.54, 1.807) is 58.5 Å². The van der Waals surface area contributed by atoms with Crippen molar-refractivity contribution < 1.29 is 42.5 Å². The number of nitrogens with one attached hydrogen (secondary N) is 5. The monoisotopic (exact) mass is 974 g/mol. The normalized spacial score (nSPS) is 16.8. The lowest BCUT2D eigenvalue weighted by Crippen LogP contribution is -2.54. The Bertz CT molecular complexity index is 2160. The van der Waals surface area contributed by atoms with Gasteiger partial charge in [0.1, 0.15) is 17.8 Å². The number of benzene rings is 3. The second-order valence-electron chi connectivity index (χ2n) is 18.0. The number of amides is 6. The van der Waals surface area contributed by atoms with Gasteiger partial charge in [-0.05, 0) is 73.4 Å². The molecule has 0 bridgehead atoms. The van der Waals surface area contributed by atoms with Gasteiger partial charge in [0.25, 0.3) is 5.91 Å². The molecule has 4 unspecified atom stereocenters. The van der Waals surface area contributed by atoms with E-state index in [-0.39, 0.29) is 37.7 Å². The van der Waals surface area contributed by atoms with Gasteiger partial charge in [0.15, 0.2) is 0 Å². The first-order valence-corrected chi connectivity index (χ1v) is 26.1. The molecule has 17 heteroatoms. The second-order valence-corrected chi connectivity index (χ2v) is 20.8. The number of hydrogen-bond donors (Lipinski definition) is 5. The van der Waals surface area contributed by atoms with Crippen LogP contribution in [0.5, 0.6) is 5.75 Å². The Labute approximate surface area is 410 Å². The van der Waals surface area contributed by atoms with Crippen molar-refractivity contribution in [3.8, 4) is 5.75 Å². The van der Waals surface area contributed by atoms with Crippen molar-refractivity contribution in [1.29, 1.82) is 0 Å². The highest BCUT2D eigenvalue weighted by atomic mass is 32.3. The molecule has 3 aromatic rings. The number of Topliss-reactive ketones (excluding diaryl/α,β-unsaturated/α-hetero) is 1. The molecule has 1 aliphatic heterocycles. The highest BCUT2D eigenvalue weighted by molar-refractivity contribution is 8.27. The predicted molar refractivity (Wildman–Crippen MR) is 269 cm³/mol. The molecule has 69 heavy (non-hydrogen) atoms. The minimum atomic E-state index is -1.62. The highest BCUT2D eigenvalue weighted by Gasteiger charge is 2.37. The van der Waals surface area contributed by atoms with E-state index in [4.69, 9.17) is 8.92 Å². The number of aryl methyl sites for hydroxylation is 1. The maximum Gasteiger partial charge on any atom is 0.290 e. The summed E-state index contributed by atoms with van der Waals surface area (Å²) >= 11 is 0. The van der Waals surface area contributed by atoms with Crippen LogP contribution >= 0.6 is 10.5 Å². The standard InChI is InChI=1S/C45H61N7O9S.C7H14/c1-7-16-35(42(56)44(58)47-29-39(54)50-41(45(59)51(3)4)33-17-10-8-11-18-33)49-43(57)36-21-14-25-52(36)40(55)30-46-38(53)28-32-23-22-31(2)37(27-32)61-26-15-24-48-62(6,60-5)34-19-12-9-13-20-34;1-7-5-3-2-4-6-7/h8-13,17-20,22-23,27,35-36,41,48H,7,14-16,21,24-26,28-30H2,1-6H3,(H,46,53)(H,47,58)(H,49,57)(H,50,54);7H,2-6H2,1H3. The third-order valence-electron chi connectivity index (χ3n) is 12.3. The lowest BCUT2D eigenvalue weighted by Gasteiger charge is -2.35. The summed E-state index contributed by atoms with van der Waals surface area (Å²) in [5.41, 5.74) is 2.17. The summed E-state index contributed by atoms with van der Waals surface area (Å²) in [5, 5.41) is 10.2.